The molecule has 1 aromatic carbocycles. The molecule has 8 heteroatoms. The molecule has 0 aliphatic carbocycles. The Kier molecular flexibility index (Phi) is 4.31. The van der Waals surface area contributed by atoms with Gasteiger partial charge in [0.2, 0.25) is 0 Å². The third-order valence-corrected chi connectivity index (χ3v) is 4.05. The fourth-order valence-corrected chi connectivity index (χ4v) is 2.49. The van der Waals surface area contributed by atoms with Gasteiger partial charge in [0.1, 0.15) is 29.8 Å². The van der Waals surface area contributed by atoms with E-state index in [-0.39, 0.29) is 34.2 Å². The Labute approximate surface area is 143 Å². The normalized spacial score (nSPS) is 12.2. The zero-order valence-electron chi connectivity index (χ0n) is 14.0. The molecule has 2 heterocycles. The van der Waals surface area contributed by atoms with Gasteiger partial charge in [-0.25, -0.2) is 8.78 Å². The lowest BCUT2D eigenvalue weighted by Crippen LogP contribution is -2.18. The smallest absolute Gasteiger partial charge is 0.255 e. The van der Waals surface area contributed by atoms with Crippen molar-refractivity contribution in [1.82, 2.24) is 19.6 Å². The summed E-state index contributed by atoms with van der Waals surface area (Å²) in [5, 5.41) is 16.8. The second-order valence-corrected chi connectivity index (χ2v) is 5.80. The molecular formula is C17H16F2N6. The van der Waals surface area contributed by atoms with Gasteiger partial charge in [0.15, 0.2) is 5.69 Å². The quantitative estimate of drug-likeness (QED) is 0.785. The molecule has 6 nitrogen and oxygen atoms in total. The van der Waals surface area contributed by atoms with Crippen LogP contribution in [0.15, 0.2) is 18.5 Å². The average molecular weight is 342 g/mol. The van der Waals surface area contributed by atoms with E-state index in [2.05, 4.69) is 20.4 Å². The zero-order valence-corrected chi connectivity index (χ0v) is 14.0. The van der Waals surface area contributed by atoms with E-state index in [0.29, 0.717) is 5.82 Å². The van der Waals surface area contributed by atoms with Crippen molar-refractivity contribution in [2.75, 3.05) is 5.32 Å². The van der Waals surface area contributed by atoms with Gasteiger partial charge in [-0.05, 0) is 38.0 Å². The van der Waals surface area contributed by atoms with E-state index in [1.807, 2.05) is 19.9 Å². The number of hydrogen-bond donors (Lipinski definition) is 1. The van der Waals surface area contributed by atoms with Gasteiger partial charge in [0, 0.05) is 11.6 Å². The molecule has 0 spiro atoms. The minimum atomic E-state index is -0.635. The van der Waals surface area contributed by atoms with Crippen LogP contribution in [0.2, 0.25) is 0 Å². The molecule has 1 atom stereocenters. The van der Waals surface area contributed by atoms with Crippen LogP contribution in [0.1, 0.15) is 31.5 Å². The first-order valence-corrected chi connectivity index (χ1v) is 7.82. The monoisotopic (exact) mass is 342 g/mol. The summed E-state index contributed by atoms with van der Waals surface area (Å²) in [7, 11) is 0. The standard InChI is InChI=1S/C17H16F2N6/c1-4-10(3)23-16-15(11-6-12(18)9(2)5-13(11)19)14(7-20)24-17-21-8-22-25(16)17/h5-6,8,10,23H,4H2,1-3H3. The number of benzene rings is 1. The Morgan fingerprint density at radius 3 is 2.76 bits per heavy atom. The van der Waals surface area contributed by atoms with Crippen LogP contribution in [0.5, 0.6) is 0 Å². The van der Waals surface area contributed by atoms with Crippen molar-refractivity contribution in [2.24, 2.45) is 0 Å². The van der Waals surface area contributed by atoms with Crippen molar-refractivity contribution >= 4 is 11.6 Å². The minimum Gasteiger partial charge on any atom is -0.367 e. The third kappa shape index (κ3) is 2.89. The van der Waals surface area contributed by atoms with E-state index in [0.717, 1.165) is 18.6 Å². The highest BCUT2D eigenvalue weighted by molar-refractivity contribution is 5.81. The van der Waals surface area contributed by atoms with Gasteiger partial charge >= 0.3 is 0 Å². The van der Waals surface area contributed by atoms with Gasteiger partial charge in [0.05, 0.1) is 5.56 Å². The number of rotatable bonds is 4. The highest BCUT2D eigenvalue weighted by Crippen LogP contribution is 2.34. The summed E-state index contributed by atoms with van der Waals surface area (Å²) in [5.74, 6) is -0.632. The summed E-state index contributed by atoms with van der Waals surface area (Å²) in [4.78, 5) is 8.11. The SMILES string of the molecule is CCC(C)Nc1c(-c2cc(F)c(C)cc2F)c(C#N)nc2ncnn12. The minimum absolute atomic E-state index is 0.0125. The van der Waals surface area contributed by atoms with Gasteiger partial charge in [-0.2, -0.15) is 24.8 Å². The predicted octanol–water partition coefficient (Wildman–Crippen LogP) is 3.46. The molecule has 0 radical (unpaired) electrons. The summed E-state index contributed by atoms with van der Waals surface area (Å²) < 4.78 is 30.0. The Morgan fingerprint density at radius 2 is 2.08 bits per heavy atom. The third-order valence-electron chi connectivity index (χ3n) is 4.05. The Balaban J connectivity index is 2.38. The molecule has 1 N–H and O–H groups in total. The van der Waals surface area contributed by atoms with Crippen molar-refractivity contribution in [3.05, 3.63) is 41.4 Å². The van der Waals surface area contributed by atoms with Crippen molar-refractivity contribution in [2.45, 2.75) is 33.2 Å². The van der Waals surface area contributed by atoms with Gasteiger partial charge in [-0.3, -0.25) is 0 Å². The number of fused-ring (bicyclic) bond motifs is 1. The van der Waals surface area contributed by atoms with E-state index < -0.39 is 11.6 Å². The van der Waals surface area contributed by atoms with Crippen LogP contribution < -0.4 is 5.32 Å². The highest BCUT2D eigenvalue weighted by atomic mass is 19.1. The molecule has 0 saturated carbocycles. The second-order valence-electron chi connectivity index (χ2n) is 5.80. The summed E-state index contributed by atoms with van der Waals surface area (Å²) >= 11 is 0. The van der Waals surface area contributed by atoms with Crippen LogP contribution in [0, 0.1) is 29.9 Å². The first kappa shape index (κ1) is 16.8. The Bertz CT molecular complexity index is 989. The molecule has 0 saturated heterocycles. The van der Waals surface area contributed by atoms with E-state index in [1.54, 1.807) is 0 Å². The molecule has 1 unspecified atom stereocenters. The average Bonchev–Trinajstić information content (AvgIpc) is 3.06. The highest BCUT2D eigenvalue weighted by Gasteiger charge is 2.23. The largest absolute Gasteiger partial charge is 0.367 e. The summed E-state index contributed by atoms with van der Waals surface area (Å²) in [5.41, 5.74) is 0.256. The number of aryl methyl sites for hydroxylation is 1. The molecule has 0 amide bonds. The summed E-state index contributed by atoms with van der Waals surface area (Å²) in [6, 6.07) is 4.14. The number of aromatic nitrogens is 4. The fraction of sp³-hybridized carbons (Fsp3) is 0.294. The molecule has 128 valence electrons. The van der Waals surface area contributed by atoms with Crippen LogP contribution in [-0.2, 0) is 0 Å². The predicted molar refractivity (Wildman–Crippen MR) is 89.0 cm³/mol. The molecule has 0 aliphatic rings. The molecular weight excluding hydrogens is 326 g/mol. The Morgan fingerprint density at radius 1 is 1.32 bits per heavy atom. The van der Waals surface area contributed by atoms with E-state index in [1.165, 1.54) is 17.8 Å². The zero-order chi connectivity index (χ0) is 18.1. The lowest BCUT2D eigenvalue weighted by atomic mass is 10.0. The number of halogens is 2. The number of hydrogen-bond acceptors (Lipinski definition) is 5. The van der Waals surface area contributed by atoms with Crippen LogP contribution in [0.3, 0.4) is 0 Å². The maximum Gasteiger partial charge on any atom is 0.255 e. The summed E-state index contributed by atoms with van der Waals surface area (Å²) in [6.07, 6.45) is 2.08. The first-order valence-electron chi connectivity index (χ1n) is 7.82. The van der Waals surface area contributed by atoms with E-state index in [4.69, 9.17) is 0 Å². The van der Waals surface area contributed by atoms with E-state index >= 15 is 0 Å². The van der Waals surface area contributed by atoms with Crippen LogP contribution in [-0.4, -0.2) is 25.6 Å². The van der Waals surface area contributed by atoms with Crippen molar-refractivity contribution in [3.63, 3.8) is 0 Å². The molecule has 0 bridgehead atoms. The van der Waals surface area contributed by atoms with Crippen molar-refractivity contribution < 1.29 is 8.78 Å². The topological polar surface area (TPSA) is 78.9 Å². The maximum atomic E-state index is 14.6. The van der Waals surface area contributed by atoms with Gasteiger partial charge < -0.3 is 5.32 Å². The van der Waals surface area contributed by atoms with Gasteiger partial charge in [0.25, 0.3) is 5.78 Å². The first-order chi connectivity index (χ1) is 12.0. The number of nitriles is 1. The molecule has 25 heavy (non-hydrogen) atoms. The van der Waals surface area contributed by atoms with E-state index in [9.17, 15) is 14.0 Å². The number of nitrogens with one attached hydrogen (secondary N) is 1. The van der Waals surface area contributed by atoms with Crippen LogP contribution >= 0.6 is 0 Å². The van der Waals surface area contributed by atoms with Crippen molar-refractivity contribution in [1.29, 1.82) is 5.26 Å². The fourth-order valence-electron chi connectivity index (χ4n) is 2.49. The van der Waals surface area contributed by atoms with Gasteiger partial charge in [-0.1, -0.05) is 6.92 Å². The Hall–Kier alpha value is -3.08. The molecule has 2 aromatic heterocycles. The van der Waals surface area contributed by atoms with Crippen LogP contribution in [0.25, 0.3) is 16.9 Å². The number of anilines is 1. The molecule has 3 aromatic rings. The molecule has 3 rings (SSSR count). The molecule has 0 aliphatic heterocycles. The molecule has 0 fully saturated rings. The lowest BCUT2D eigenvalue weighted by molar-refractivity contribution is 0.595. The van der Waals surface area contributed by atoms with Crippen LogP contribution in [0.4, 0.5) is 14.6 Å². The number of nitrogens with zero attached hydrogens (tertiary/aromatic N) is 5. The lowest BCUT2D eigenvalue weighted by Gasteiger charge is -2.18. The maximum absolute atomic E-state index is 14.6. The summed E-state index contributed by atoms with van der Waals surface area (Å²) in [6.45, 7) is 5.39. The van der Waals surface area contributed by atoms with Gasteiger partial charge in [-0.15, -0.1) is 0 Å². The van der Waals surface area contributed by atoms with Crippen molar-refractivity contribution in [3.8, 4) is 17.2 Å². The second kappa shape index (κ2) is 6.43.